The van der Waals surface area contributed by atoms with Crippen LogP contribution < -0.4 is 5.32 Å². The topological polar surface area (TPSA) is 24.9 Å². The fourth-order valence-electron chi connectivity index (χ4n) is 2.60. The van der Waals surface area contributed by atoms with Crippen molar-refractivity contribution in [2.24, 2.45) is 0 Å². The van der Waals surface area contributed by atoms with Crippen molar-refractivity contribution in [3.63, 3.8) is 0 Å². The quantitative estimate of drug-likeness (QED) is 0.767. The molecular formula is C19H20N2. The Kier molecular flexibility index (Phi) is 3.98. The number of aryl methyl sites for hydroxylation is 1. The maximum atomic E-state index is 4.39. The lowest BCUT2D eigenvalue weighted by atomic mass is 9.97. The van der Waals surface area contributed by atoms with E-state index in [1.807, 2.05) is 12.3 Å². The van der Waals surface area contributed by atoms with Gasteiger partial charge in [0.15, 0.2) is 0 Å². The molecule has 3 rings (SSSR count). The van der Waals surface area contributed by atoms with Gasteiger partial charge in [-0.3, -0.25) is 4.98 Å². The molecule has 0 unspecified atom stereocenters. The normalized spacial score (nSPS) is 11.0. The minimum absolute atomic E-state index is 0.916. The van der Waals surface area contributed by atoms with E-state index in [9.17, 15) is 0 Å². The molecule has 0 radical (unpaired) electrons. The van der Waals surface area contributed by atoms with Gasteiger partial charge in [0, 0.05) is 18.1 Å². The molecule has 3 aromatic rings. The molecule has 21 heavy (non-hydrogen) atoms. The summed E-state index contributed by atoms with van der Waals surface area (Å²) in [6, 6.07) is 17.3. The number of aromatic nitrogens is 1. The molecule has 0 amide bonds. The Balaban J connectivity index is 2.04. The number of pyridine rings is 1. The maximum Gasteiger partial charge on any atom is 0.0702 e. The molecule has 2 nitrogen and oxygen atoms in total. The first-order chi connectivity index (χ1) is 10.3. The maximum absolute atomic E-state index is 4.39. The second-order valence-electron chi connectivity index (χ2n) is 5.34. The summed E-state index contributed by atoms with van der Waals surface area (Å²) in [6.45, 7) is 6.20. The van der Waals surface area contributed by atoms with Crippen LogP contribution in [0.25, 0.3) is 22.0 Å². The van der Waals surface area contributed by atoms with E-state index in [-0.39, 0.29) is 0 Å². The lowest BCUT2D eigenvalue weighted by Crippen LogP contribution is -2.11. The van der Waals surface area contributed by atoms with Gasteiger partial charge < -0.3 is 5.32 Å². The highest BCUT2D eigenvalue weighted by molar-refractivity contribution is 5.85. The number of nitrogens with one attached hydrogen (secondary N) is 1. The zero-order valence-corrected chi connectivity index (χ0v) is 12.6. The third-order valence-electron chi connectivity index (χ3n) is 3.80. The van der Waals surface area contributed by atoms with E-state index in [2.05, 4.69) is 66.6 Å². The first kappa shape index (κ1) is 13.8. The van der Waals surface area contributed by atoms with Crippen LogP contribution in [-0.4, -0.2) is 11.5 Å². The average Bonchev–Trinajstić information content (AvgIpc) is 2.53. The smallest absolute Gasteiger partial charge is 0.0702 e. The summed E-state index contributed by atoms with van der Waals surface area (Å²) in [5.41, 5.74) is 6.23. The summed E-state index contributed by atoms with van der Waals surface area (Å²) in [4.78, 5) is 4.39. The molecule has 1 N–H and O–H groups in total. The van der Waals surface area contributed by atoms with Crippen LogP contribution in [-0.2, 0) is 6.54 Å². The van der Waals surface area contributed by atoms with Gasteiger partial charge in [-0.05, 0) is 60.0 Å². The summed E-state index contributed by atoms with van der Waals surface area (Å²) in [7, 11) is 0. The standard InChI is InChI=1S/C19H20N2/c1-3-20-13-15-7-6-14(2)18(11-15)16-8-9-19-17(12-16)5-4-10-21-19/h4-12,20H,3,13H2,1-2H3. The van der Waals surface area contributed by atoms with Gasteiger partial charge in [-0.1, -0.05) is 31.2 Å². The Morgan fingerprint density at radius 2 is 1.95 bits per heavy atom. The largest absolute Gasteiger partial charge is 0.313 e. The van der Waals surface area contributed by atoms with Crippen molar-refractivity contribution >= 4 is 10.9 Å². The van der Waals surface area contributed by atoms with E-state index >= 15 is 0 Å². The highest BCUT2D eigenvalue weighted by atomic mass is 14.8. The van der Waals surface area contributed by atoms with Gasteiger partial charge in [-0.25, -0.2) is 0 Å². The number of nitrogens with zero attached hydrogens (tertiary/aromatic N) is 1. The zero-order chi connectivity index (χ0) is 14.7. The van der Waals surface area contributed by atoms with Crippen LogP contribution in [0, 0.1) is 6.92 Å². The molecule has 0 fully saturated rings. The molecule has 0 aliphatic heterocycles. The second kappa shape index (κ2) is 6.06. The Morgan fingerprint density at radius 1 is 1.05 bits per heavy atom. The highest BCUT2D eigenvalue weighted by Crippen LogP contribution is 2.27. The Labute approximate surface area is 125 Å². The molecular weight excluding hydrogens is 256 g/mol. The summed E-state index contributed by atoms with van der Waals surface area (Å²) < 4.78 is 0. The van der Waals surface area contributed by atoms with Crippen LogP contribution >= 0.6 is 0 Å². The van der Waals surface area contributed by atoms with Crippen molar-refractivity contribution in [2.45, 2.75) is 20.4 Å². The van der Waals surface area contributed by atoms with Crippen molar-refractivity contribution in [1.29, 1.82) is 0 Å². The molecule has 0 saturated heterocycles. The van der Waals surface area contributed by atoms with Gasteiger partial charge in [-0.2, -0.15) is 0 Å². The monoisotopic (exact) mass is 276 g/mol. The van der Waals surface area contributed by atoms with Crippen LogP contribution in [0.15, 0.2) is 54.7 Å². The van der Waals surface area contributed by atoms with Gasteiger partial charge in [0.1, 0.15) is 0 Å². The van der Waals surface area contributed by atoms with Crippen molar-refractivity contribution in [1.82, 2.24) is 10.3 Å². The molecule has 0 saturated carbocycles. The van der Waals surface area contributed by atoms with Crippen molar-refractivity contribution < 1.29 is 0 Å². The fraction of sp³-hybridized carbons (Fsp3) is 0.211. The Hall–Kier alpha value is -2.19. The van der Waals surface area contributed by atoms with Crippen LogP contribution in [0.2, 0.25) is 0 Å². The van der Waals surface area contributed by atoms with Crippen molar-refractivity contribution in [3.8, 4) is 11.1 Å². The van der Waals surface area contributed by atoms with Crippen LogP contribution in [0.4, 0.5) is 0 Å². The summed E-state index contributed by atoms with van der Waals surface area (Å²) in [5, 5.41) is 4.57. The first-order valence-electron chi connectivity index (χ1n) is 7.43. The van der Waals surface area contributed by atoms with Gasteiger partial charge in [0.25, 0.3) is 0 Å². The lowest BCUT2D eigenvalue weighted by Gasteiger charge is -2.10. The number of fused-ring (bicyclic) bond motifs is 1. The molecule has 1 heterocycles. The number of benzene rings is 2. The number of hydrogen-bond acceptors (Lipinski definition) is 2. The summed E-state index contributed by atoms with van der Waals surface area (Å²) in [5.74, 6) is 0. The van der Waals surface area contributed by atoms with Gasteiger partial charge >= 0.3 is 0 Å². The van der Waals surface area contributed by atoms with Gasteiger partial charge in [0.05, 0.1) is 5.52 Å². The zero-order valence-electron chi connectivity index (χ0n) is 12.6. The third kappa shape index (κ3) is 2.96. The number of hydrogen-bond donors (Lipinski definition) is 1. The van der Waals surface area contributed by atoms with E-state index in [1.54, 1.807) is 0 Å². The van der Waals surface area contributed by atoms with Crippen molar-refractivity contribution in [2.75, 3.05) is 6.54 Å². The number of rotatable bonds is 4. The SMILES string of the molecule is CCNCc1ccc(C)c(-c2ccc3ncccc3c2)c1. The van der Waals surface area contributed by atoms with E-state index < -0.39 is 0 Å². The molecule has 2 heteroatoms. The molecule has 1 aromatic heterocycles. The van der Waals surface area contributed by atoms with Crippen molar-refractivity contribution in [3.05, 3.63) is 65.9 Å². The predicted octanol–water partition coefficient (Wildman–Crippen LogP) is 4.32. The van der Waals surface area contributed by atoms with Crippen LogP contribution in [0.3, 0.4) is 0 Å². The van der Waals surface area contributed by atoms with Crippen LogP contribution in [0.5, 0.6) is 0 Å². The minimum atomic E-state index is 0.916. The van der Waals surface area contributed by atoms with E-state index in [0.717, 1.165) is 18.6 Å². The molecule has 0 aliphatic carbocycles. The van der Waals surface area contributed by atoms with Crippen LogP contribution in [0.1, 0.15) is 18.1 Å². The summed E-state index contributed by atoms with van der Waals surface area (Å²) in [6.07, 6.45) is 1.84. The predicted molar refractivity (Wildman–Crippen MR) is 89.3 cm³/mol. The molecule has 0 spiro atoms. The fourth-order valence-corrected chi connectivity index (χ4v) is 2.60. The summed E-state index contributed by atoms with van der Waals surface area (Å²) >= 11 is 0. The highest BCUT2D eigenvalue weighted by Gasteiger charge is 2.05. The Morgan fingerprint density at radius 3 is 2.81 bits per heavy atom. The molecule has 106 valence electrons. The molecule has 0 aliphatic rings. The third-order valence-corrected chi connectivity index (χ3v) is 3.80. The Bertz CT molecular complexity index is 762. The van der Waals surface area contributed by atoms with E-state index in [4.69, 9.17) is 0 Å². The lowest BCUT2D eigenvalue weighted by molar-refractivity contribution is 0.727. The van der Waals surface area contributed by atoms with Gasteiger partial charge in [-0.15, -0.1) is 0 Å². The van der Waals surface area contributed by atoms with E-state index in [1.165, 1.54) is 27.6 Å². The average molecular weight is 276 g/mol. The second-order valence-corrected chi connectivity index (χ2v) is 5.34. The molecule has 0 bridgehead atoms. The first-order valence-corrected chi connectivity index (χ1v) is 7.43. The molecule has 0 atom stereocenters. The van der Waals surface area contributed by atoms with E-state index in [0.29, 0.717) is 0 Å². The minimum Gasteiger partial charge on any atom is -0.313 e. The van der Waals surface area contributed by atoms with Gasteiger partial charge in [0.2, 0.25) is 0 Å². The molecule has 2 aromatic carbocycles.